The normalized spacial score (nSPS) is 19.1. The van der Waals surface area contributed by atoms with Crippen molar-refractivity contribution in [1.82, 2.24) is 5.01 Å². The highest BCUT2D eigenvalue weighted by atomic mass is 32.1. The number of hydrazone groups is 1. The molecule has 4 nitrogen and oxygen atoms in total. The van der Waals surface area contributed by atoms with Crippen LogP contribution in [0.25, 0.3) is 0 Å². The van der Waals surface area contributed by atoms with Gasteiger partial charge in [0.25, 0.3) is 0 Å². The zero-order chi connectivity index (χ0) is 12.5. The highest BCUT2D eigenvalue weighted by Gasteiger charge is 2.33. The molecular weight excluding hydrogens is 248 g/mol. The number of thiophene rings is 1. The minimum atomic E-state index is -0.118. The van der Waals surface area contributed by atoms with Gasteiger partial charge in [0.1, 0.15) is 11.8 Å². The molecule has 0 radical (unpaired) electrons. The Kier molecular flexibility index (Phi) is 2.76. The third-order valence-corrected chi connectivity index (χ3v) is 3.64. The van der Waals surface area contributed by atoms with E-state index in [4.69, 9.17) is 4.42 Å². The quantitative estimate of drug-likeness (QED) is 0.833. The van der Waals surface area contributed by atoms with E-state index in [1.165, 1.54) is 11.9 Å². The molecule has 3 rings (SSSR count). The number of hydrogen-bond donors (Lipinski definition) is 0. The first-order valence-electron chi connectivity index (χ1n) is 5.69. The van der Waals surface area contributed by atoms with E-state index in [0.717, 1.165) is 17.0 Å². The first-order chi connectivity index (χ1) is 8.75. The Labute approximate surface area is 109 Å². The van der Waals surface area contributed by atoms with E-state index in [1.54, 1.807) is 17.6 Å². The lowest BCUT2D eigenvalue weighted by Gasteiger charge is -2.17. The van der Waals surface area contributed by atoms with E-state index in [9.17, 15) is 4.79 Å². The van der Waals surface area contributed by atoms with E-state index in [0.29, 0.717) is 6.42 Å². The number of nitrogens with zero attached hydrogens (tertiary/aromatic N) is 2. The van der Waals surface area contributed by atoms with Gasteiger partial charge in [-0.1, -0.05) is 0 Å². The van der Waals surface area contributed by atoms with Crippen LogP contribution in [0.3, 0.4) is 0 Å². The summed E-state index contributed by atoms with van der Waals surface area (Å²) in [5.74, 6) is 0.709. The van der Waals surface area contributed by atoms with Gasteiger partial charge in [0.2, 0.25) is 5.91 Å². The SMILES string of the molecule is CC(=O)N1N=C(c2ccsc2)C[C@H]1c1ccco1. The molecule has 1 atom stereocenters. The van der Waals surface area contributed by atoms with Crippen molar-refractivity contribution in [2.45, 2.75) is 19.4 Å². The Balaban J connectivity index is 1.93. The highest BCUT2D eigenvalue weighted by molar-refractivity contribution is 7.08. The van der Waals surface area contributed by atoms with Crippen molar-refractivity contribution in [3.05, 3.63) is 46.5 Å². The zero-order valence-electron chi connectivity index (χ0n) is 9.87. The first kappa shape index (κ1) is 11.2. The molecule has 0 aliphatic carbocycles. The van der Waals surface area contributed by atoms with Gasteiger partial charge in [-0.2, -0.15) is 16.4 Å². The molecule has 0 saturated carbocycles. The summed E-state index contributed by atoms with van der Waals surface area (Å²) in [5, 5.41) is 9.97. The summed E-state index contributed by atoms with van der Waals surface area (Å²) in [6, 6.07) is 5.61. The van der Waals surface area contributed by atoms with E-state index in [-0.39, 0.29) is 11.9 Å². The lowest BCUT2D eigenvalue weighted by atomic mass is 10.1. The van der Waals surface area contributed by atoms with Crippen LogP contribution in [0.4, 0.5) is 0 Å². The van der Waals surface area contributed by atoms with Crippen molar-refractivity contribution < 1.29 is 9.21 Å². The van der Waals surface area contributed by atoms with Crippen LogP contribution in [-0.4, -0.2) is 16.6 Å². The molecule has 0 fully saturated rings. The molecule has 0 saturated heterocycles. The summed E-state index contributed by atoms with van der Waals surface area (Å²) < 4.78 is 5.40. The summed E-state index contributed by atoms with van der Waals surface area (Å²) in [7, 11) is 0. The van der Waals surface area contributed by atoms with Gasteiger partial charge in [-0.3, -0.25) is 4.79 Å². The summed E-state index contributed by atoms with van der Waals surface area (Å²) >= 11 is 1.63. The maximum Gasteiger partial charge on any atom is 0.240 e. The van der Waals surface area contributed by atoms with Crippen molar-refractivity contribution in [3.63, 3.8) is 0 Å². The molecule has 0 unspecified atom stereocenters. The average molecular weight is 260 g/mol. The van der Waals surface area contributed by atoms with Crippen molar-refractivity contribution in [1.29, 1.82) is 0 Å². The molecule has 1 aliphatic heterocycles. The van der Waals surface area contributed by atoms with Crippen molar-refractivity contribution in [2.75, 3.05) is 0 Å². The molecule has 0 bridgehead atoms. The fourth-order valence-corrected chi connectivity index (χ4v) is 2.77. The first-order valence-corrected chi connectivity index (χ1v) is 6.63. The second kappa shape index (κ2) is 4.42. The Morgan fingerprint density at radius 1 is 1.56 bits per heavy atom. The molecule has 1 aliphatic rings. The van der Waals surface area contributed by atoms with Crippen LogP contribution in [-0.2, 0) is 4.79 Å². The topological polar surface area (TPSA) is 45.8 Å². The van der Waals surface area contributed by atoms with Gasteiger partial charge in [-0.05, 0) is 29.0 Å². The van der Waals surface area contributed by atoms with Crippen molar-refractivity contribution >= 4 is 23.0 Å². The van der Waals surface area contributed by atoms with Crippen LogP contribution in [0.15, 0.2) is 44.7 Å². The molecule has 92 valence electrons. The fourth-order valence-electron chi connectivity index (χ4n) is 2.11. The van der Waals surface area contributed by atoms with E-state index < -0.39 is 0 Å². The molecule has 1 amide bonds. The van der Waals surface area contributed by atoms with Gasteiger partial charge < -0.3 is 4.42 Å². The molecular formula is C13H12N2O2S. The summed E-state index contributed by atoms with van der Waals surface area (Å²) in [4.78, 5) is 11.6. The van der Waals surface area contributed by atoms with Gasteiger partial charge in [0.15, 0.2) is 0 Å². The Bertz CT molecular complexity index is 572. The molecule has 0 N–H and O–H groups in total. The smallest absolute Gasteiger partial charge is 0.240 e. The van der Waals surface area contributed by atoms with Crippen LogP contribution in [0, 0.1) is 0 Å². The van der Waals surface area contributed by atoms with Crippen LogP contribution < -0.4 is 0 Å². The van der Waals surface area contributed by atoms with Crippen LogP contribution in [0.2, 0.25) is 0 Å². The lowest BCUT2D eigenvalue weighted by molar-refractivity contribution is -0.130. The molecule has 2 aromatic heterocycles. The Morgan fingerprint density at radius 2 is 2.44 bits per heavy atom. The minimum Gasteiger partial charge on any atom is -0.467 e. The zero-order valence-corrected chi connectivity index (χ0v) is 10.7. The summed E-state index contributed by atoms with van der Waals surface area (Å²) in [6.07, 6.45) is 2.32. The van der Waals surface area contributed by atoms with Gasteiger partial charge in [0, 0.05) is 18.9 Å². The van der Waals surface area contributed by atoms with Gasteiger partial charge >= 0.3 is 0 Å². The standard InChI is InChI=1S/C13H12N2O2S/c1-9(16)15-12(13-3-2-5-17-13)7-11(14-15)10-4-6-18-8-10/h2-6,8,12H,7H2,1H3/t12-/m0/s1. The maximum atomic E-state index is 11.6. The minimum absolute atomic E-state index is 0.0679. The summed E-state index contributed by atoms with van der Waals surface area (Å²) in [5.41, 5.74) is 2.02. The predicted molar refractivity (Wildman–Crippen MR) is 69.4 cm³/mol. The van der Waals surface area contributed by atoms with Crippen LogP contribution in [0.5, 0.6) is 0 Å². The lowest BCUT2D eigenvalue weighted by Crippen LogP contribution is -2.23. The molecule has 0 spiro atoms. The maximum absolute atomic E-state index is 11.6. The number of carbonyl (C=O) groups excluding carboxylic acids is 1. The average Bonchev–Trinajstić information content (AvgIpc) is 3.10. The molecule has 2 aromatic rings. The van der Waals surface area contributed by atoms with Crippen LogP contribution >= 0.6 is 11.3 Å². The van der Waals surface area contributed by atoms with Crippen molar-refractivity contribution in [2.24, 2.45) is 5.10 Å². The Hall–Kier alpha value is -1.88. The van der Waals surface area contributed by atoms with E-state index >= 15 is 0 Å². The Morgan fingerprint density at radius 3 is 3.06 bits per heavy atom. The fraction of sp³-hybridized carbons (Fsp3) is 0.231. The highest BCUT2D eigenvalue weighted by Crippen LogP contribution is 2.33. The monoisotopic (exact) mass is 260 g/mol. The third-order valence-electron chi connectivity index (χ3n) is 2.96. The number of hydrogen-bond acceptors (Lipinski definition) is 4. The molecule has 0 aromatic carbocycles. The molecule has 18 heavy (non-hydrogen) atoms. The summed E-state index contributed by atoms with van der Waals surface area (Å²) in [6.45, 7) is 1.52. The number of amides is 1. The molecule has 3 heterocycles. The second-order valence-corrected chi connectivity index (χ2v) is 4.94. The number of rotatable bonds is 2. The van der Waals surface area contributed by atoms with E-state index in [1.807, 2.05) is 29.0 Å². The van der Waals surface area contributed by atoms with Crippen LogP contribution in [0.1, 0.15) is 30.7 Å². The van der Waals surface area contributed by atoms with E-state index in [2.05, 4.69) is 5.10 Å². The van der Waals surface area contributed by atoms with Gasteiger partial charge in [-0.25, -0.2) is 5.01 Å². The van der Waals surface area contributed by atoms with Gasteiger partial charge in [0.05, 0.1) is 12.0 Å². The second-order valence-electron chi connectivity index (χ2n) is 4.16. The number of carbonyl (C=O) groups is 1. The third kappa shape index (κ3) is 1.86. The van der Waals surface area contributed by atoms with Crippen molar-refractivity contribution in [3.8, 4) is 0 Å². The largest absolute Gasteiger partial charge is 0.467 e. The predicted octanol–water partition coefficient (Wildman–Crippen LogP) is 3.04. The molecule has 5 heteroatoms. The number of furan rings is 1. The van der Waals surface area contributed by atoms with Gasteiger partial charge in [-0.15, -0.1) is 0 Å².